The van der Waals surface area contributed by atoms with Gasteiger partial charge in [0.15, 0.2) is 5.79 Å². The summed E-state index contributed by atoms with van der Waals surface area (Å²) >= 11 is 0. The molecule has 2 unspecified atom stereocenters. The molecule has 4 heteroatoms. The molecule has 4 aliphatic rings. The van der Waals surface area contributed by atoms with Crippen molar-refractivity contribution in [3.63, 3.8) is 0 Å². The Kier molecular flexibility index (Phi) is 5.43. The van der Waals surface area contributed by atoms with Gasteiger partial charge in [-0.2, -0.15) is 0 Å². The van der Waals surface area contributed by atoms with Crippen LogP contribution in [-0.2, 0) is 19.0 Å². The number of ether oxygens (including phenoxy) is 3. The lowest BCUT2D eigenvalue weighted by Crippen LogP contribution is -2.62. The number of allylic oxidation sites excluding steroid dienone is 2. The van der Waals surface area contributed by atoms with E-state index >= 15 is 0 Å². The quantitative estimate of drug-likeness (QED) is 0.448. The van der Waals surface area contributed by atoms with Crippen molar-refractivity contribution in [1.82, 2.24) is 0 Å². The molecule has 0 radical (unpaired) electrons. The van der Waals surface area contributed by atoms with Crippen LogP contribution in [0.5, 0.6) is 0 Å². The van der Waals surface area contributed by atoms with Gasteiger partial charge in [0.2, 0.25) is 0 Å². The number of esters is 1. The van der Waals surface area contributed by atoms with Gasteiger partial charge < -0.3 is 14.2 Å². The lowest BCUT2D eigenvalue weighted by atomic mass is 9.41. The summed E-state index contributed by atoms with van der Waals surface area (Å²) in [5, 5.41) is 0. The molecule has 4 nitrogen and oxygen atoms in total. The maximum absolute atomic E-state index is 11.6. The summed E-state index contributed by atoms with van der Waals surface area (Å²) in [4.78, 5) is 11.6. The predicted octanol–water partition coefficient (Wildman–Crippen LogP) is 5.65. The molecule has 164 valence electrons. The second-order valence-electron chi connectivity index (χ2n) is 11.0. The van der Waals surface area contributed by atoms with E-state index in [0.717, 1.165) is 38.9 Å². The molecule has 3 aliphatic carbocycles. The highest BCUT2D eigenvalue weighted by molar-refractivity contribution is 5.69. The highest BCUT2D eigenvalue weighted by Crippen LogP contribution is 2.70. The van der Waals surface area contributed by atoms with E-state index in [4.69, 9.17) is 14.2 Å². The molecular formula is C25H40O4. The van der Waals surface area contributed by atoms with Crippen molar-refractivity contribution < 1.29 is 19.0 Å². The Bertz CT molecular complexity index is 674. The Labute approximate surface area is 176 Å². The summed E-state index contributed by atoms with van der Waals surface area (Å²) in [5.41, 5.74) is 2.20. The molecule has 2 saturated carbocycles. The number of methoxy groups -OCH3 is 1. The van der Waals surface area contributed by atoms with Gasteiger partial charge in [-0.25, -0.2) is 0 Å². The molecule has 1 heterocycles. The van der Waals surface area contributed by atoms with Crippen LogP contribution in [0.25, 0.3) is 0 Å². The van der Waals surface area contributed by atoms with E-state index in [0.29, 0.717) is 18.3 Å². The van der Waals surface area contributed by atoms with Crippen molar-refractivity contribution in [3.8, 4) is 0 Å². The van der Waals surface area contributed by atoms with E-state index in [2.05, 4.69) is 33.8 Å². The number of rotatable bonds is 4. The summed E-state index contributed by atoms with van der Waals surface area (Å²) in [7, 11) is 1.49. The third-order valence-electron chi connectivity index (χ3n) is 9.46. The molecule has 0 aromatic carbocycles. The van der Waals surface area contributed by atoms with Crippen LogP contribution in [0.4, 0.5) is 0 Å². The second kappa shape index (κ2) is 7.37. The zero-order valence-corrected chi connectivity index (χ0v) is 19.1. The average Bonchev–Trinajstić information content (AvgIpc) is 3.17. The first-order valence-corrected chi connectivity index (χ1v) is 11.8. The Morgan fingerprint density at radius 1 is 1.07 bits per heavy atom. The fourth-order valence-corrected chi connectivity index (χ4v) is 7.88. The molecule has 1 saturated heterocycles. The molecule has 4 rings (SSSR count). The molecular weight excluding hydrogens is 364 g/mol. The molecule has 0 amide bonds. The van der Waals surface area contributed by atoms with Gasteiger partial charge in [-0.05, 0) is 67.6 Å². The van der Waals surface area contributed by atoms with Crippen molar-refractivity contribution >= 4 is 5.97 Å². The van der Waals surface area contributed by atoms with Crippen LogP contribution in [0.1, 0.15) is 85.5 Å². The van der Waals surface area contributed by atoms with Gasteiger partial charge in [-0.3, -0.25) is 4.79 Å². The number of hydrogen-bond acceptors (Lipinski definition) is 4. The highest BCUT2D eigenvalue weighted by atomic mass is 16.7. The normalized spacial score (nSPS) is 40.1. The van der Waals surface area contributed by atoms with E-state index in [1.165, 1.54) is 32.8 Å². The third-order valence-corrected chi connectivity index (χ3v) is 9.46. The minimum absolute atomic E-state index is 0.0104. The van der Waals surface area contributed by atoms with Crippen molar-refractivity contribution in [2.45, 2.75) is 91.3 Å². The van der Waals surface area contributed by atoms with Crippen LogP contribution in [0.15, 0.2) is 11.6 Å². The summed E-state index contributed by atoms with van der Waals surface area (Å²) in [6.45, 7) is 11.3. The molecule has 4 atom stereocenters. The standard InChI is InChI=1S/C25H40O4/c1-22(2)19-12-13-23(3)18(9-7-11-21(26)27-5)8-6-10-20(23)24(19,4)14-15-25(22)28-16-17-29-25/h10,18-19H,6-9,11-17H2,1-5H3/t18?,19-,23?,24-/m0/s1. The van der Waals surface area contributed by atoms with Crippen LogP contribution < -0.4 is 0 Å². The Hall–Kier alpha value is -0.870. The Morgan fingerprint density at radius 3 is 2.48 bits per heavy atom. The van der Waals surface area contributed by atoms with Crippen LogP contribution in [0.2, 0.25) is 0 Å². The van der Waals surface area contributed by atoms with Gasteiger partial charge in [-0.15, -0.1) is 0 Å². The lowest BCUT2D eigenvalue weighted by molar-refractivity contribution is -0.285. The molecule has 0 aromatic rings. The first-order valence-electron chi connectivity index (χ1n) is 11.8. The largest absolute Gasteiger partial charge is 0.469 e. The van der Waals surface area contributed by atoms with Crippen molar-refractivity contribution in [1.29, 1.82) is 0 Å². The second-order valence-corrected chi connectivity index (χ2v) is 11.0. The van der Waals surface area contributed by atoms with Gasteiger partial charge in [-0.1, -0.05) is 39.3 Å². The van der Waals surface area contributed by atoms with Gasteiger partial charge >= 0.3 is 5.97 Å². The molecule has 1 aliphatic heterocycles. The summed E-state index contributed by atoms with van der Waals surface area (Å²) < 4.78 is 17.4. The number of carbonyl (C=O) groups is 1. The van der Waals surface area contributed by atoms with Crippen LogP contribution >= 0.6 is 0 Å². The summed E-state index contributed by atoms with van der Waals surface area (Å²) in [5.74, 6) is 0.784. The number of fused-ring (bicyclic) bond motifs is 3. The monoisotopic (exact) mass is 404 g/mol. The molecule has 1 spiro atoms. The number of hydrogen-bond donors (Lipinski definition) is 0. The minimum atomic E-state index is -0.389. The van der Waals surface area contributed by atoms with Crippen LogP contribution in [0, 0.1) is 28.1 Å². The highest BCUT2D eigenvalue weighted by Gasteiger charge is 2.66. The van der Waals surface area contributed by atoms with E-state index in [9.17, 15) is 4.79 Å². The summed E-state index contributed by atoms with van der Waals surface area (Å²) in [6.07, 6.45) is 12.3. The SMILES string of the molecule is COC(=O)CCCC1CCC=C2C1(C)CC[C@H]1C(C)(C)C3(CC[C@]21C)OCCO3. The first-order chi connectivity index (χ1) is 13.7. The topological polar surface area (TPSA) is 44.8 Å². The van der Waals surface area contributed by atoms with Crippen molar-refractivity contribution in [2.24, 2.45) is 28.1 Å². The molecule has 0 N–H and O–H groups in total. The fraction of sp³-hybridized carbons (Fsp3) is 0.880. The van der Waals surface area contributed by atoms with Gasteiger partial charge in [0, 0.05) is 18.3 Å². The smallest absolute Gasteiger partial charge is 0.305 e. The van der Waals surface area contributed by atoms with Gasteiger partial charge in [0.05, 0.1) is 20.3 Å². The molecule has 0 aromatic heterocycles. The Morgan fingerprint density at radius 2 is 1.79 bits per heavy atom. The Balaban J connectivity index is 1.58. The number of carbonyl (C=O) groups excluding carboxylic acids is 1. The van der Waals surface area contributed by atoms with E-state index in [1.807, 2.05) is 0 Å². The average molecular weight is 405 g/mol. The van der Waals surface area contributed by atoms with E-state index < -0.39 is 0 Å². The van der Waals surface area contributed by atoms with Crippen LogP contribution in [0.3, 0.4) is 0 Å². The van der Waals surface area contributed by atoms with E-state index in [1.54, 1.807) is 5.57 Å². The van der Waals surface area contributed by atoms with Gasteiger partial charge in [0.25, 0.3) is 0 Å². The minimum Gasteiger partial charge on any atom is -0.469 e. The van der Waals surface area contributed by atoms with Gasteiger partial charge in [0.1, 0.15) is 0 Å². The van der Waals surface area contributed by atoms with Crippen LogP contribution in [-0.4, -0.2) is 32.1 Å². The molecule has 29 heavy (non-hydrogen) atoms. The van der Waals surface area contributed by atoms with Crippen molar-refractivity contribution in [3.05, 3.63) is 11.6 Å². The molecule has 3 fully saturated rings. The molecule has 0 bridgehead atoms. The fourth-order valence-electron chi connectivity index (χ4n) is 7.88. The third kappa shape index (κ3) is 3.12. The maximum Gasteiger partial charge on any atom is 0.305 e. The lowest BCUT2D eigenvalue weighted by Gasteiger charge is -2.65. The first kappa shape index (κ1) is 21.4. The van der Waals surface area contributed by atoms with E-state index in [-0.39, 0.29) is 28.0 Å². The zero-order valence-electron chi connectivity index (χ0n) is 19.1. The zero-order chi connectivity index (χ0) is 20.9. The predicted molar refractivity (Wildman–Crippen MR) is 113 cm³/mol. The summed E-state index contributed by atoms with van der Waals surface area (Å²) in [6, 6.07) is 0. The van der Waals surface area contributed by atoms with Crippen molar-refractivity contribution in [2.75, 3.05) is 20.3 Å². The maximum atomic E-state index is 11.6.